The van der Waals surface area contributed by atoms with Crippen molar-refractivity contribution in [3.8, 4) is 5.75 Å². The van der Waals surface area contributed by atoms with Crippen LogP contribution in [0.25, 0.3) is 0 Å². The summed E-state index contributed by atoms with van der Waals surface area (Å²) in [6, 6.07) is 16.2. The van der Waals surface area contributed by atoms with Crippen molar-refractivity contribution in [2.45, 2.75) is 45.6 Å². The number of halogens is 1. The fourth-order valence-electron chi connectivity index (χ4n) is 3.28. The predicted octanol–water partition coefficient (Wildman–Crippen LogP) is 5.65. The highest BCUT2D eigenvalue weighted by molar-refractivity contribution is 9.10. The number of hydrogen-bond acceptors (Lipinski definition) is 3. The molecule has 27 heavy (non-hydrogen) atoms. The van der Waals surface area contributed by atoms with E-state index in [1.165, 1.54) is 5.56 Å². The molecular weight excluding hydrogens is 406 g/mol. The van der Waals surface area contributed by atoms with Gasteiger partial charge in [0.05, 0.1) is 0 Å². The van der Waals surface area contributed by atoms with Gasteiger partial charge in [0.2, 0.25) is 0 Å². The van der Waals surface area contributed by atoms with Gasteiger partial charge in [0.25, 0.3) is 0 Å². The van der Waals surface area contributed by atoms with Gasteiger partial charge in [0, 0.05) is 4.47 Å². The lowest BCUT2D eigenvalue weighted by atomic mass is 9.89. The van der Waals surface area contributed by atoms with Crippen molar-refractivity contribution in [1.82, 2.24) is 0 Å². The first-order chi connectivity index (χ1) is 12.8. The van der Waals surface area contributed by atoms with E-state index in [4.69, 9.17) is 15.2 Å². The molecule has 146 valence electrons. The summed E-state index contributed by atoms with van der Waals surface area (Å²) in [6.07, 6.45) is 1.89. The van der Waals surface area contributed by atoms with Gasteiger partial charge < -0.3 is 15.2 Å². The Morgan fingerprint density at radius 2 is 1.93 bits per heavy atom. The van der Waals surface area contributed by atoms with E-state index in [-0.39, 0.29) is 6.61 Å². The van der Waals surface area contributed by atoms with Crippen LogP contribution in [0.3, 0.4) is 0 Å². The molecule has 0 fully saturated rings. The third kappa shape index (κ3) is 7.25. The molecule has 2 unspecified atom stereocenters. The van der Waals surface area contributed by atoms with Gasteiger partial charge in [-0.1, -0.05) is 53.2 Å². The number of carbonyl (C=O) groups excluding carboxylic acids is 1. The largest absolute Gasteiger partial charge is 0.489 e. The second kappa shape index (κ2) is 9.79. The van der Waals surface area contributed by atoms with Crippen LogP contribution in [-0.4, -0.2) is 18.3 Å². The Balaban J connectivity index is 1.97. The number of ether oxygens (including phenoxy) is 2. The van der Waals surface area contributed by atoms with Crippen molar-refractivity contribution >= 4 is 22.0 Å². The molecule has 2 rings (SSSR count). The molecule has 0 bridgehead atoms. The third-order valence-corrected chi connectivity index (χ3v) is 5.06. The highest BCUT2D eigenvalue weighted by atomic mass is 79.9. The molecule has 0 spiro atoms. The van der Waals surface area contributed by atoms with Crippen LogP contribution in [0.4, 0.5) is 4.79 Å². The molecule has 0 saturated heterocycles. The first-order valence-corrected chi connectivity index (χ1v) is 9.98. The number of hydrogen-bond donors (Lipinski definition) is 1. The second-order valence-electron chi connectivity index (χ2n) is 7.40. The molecule has 0 aliphatic heterocycles. The van der Waals surface area contributed by atoms with Crippen LogP contribution >= 0.6 is 15.9 Å². The lowest BCUT2D eigenvalue weighted by molar-refractivity contribution is -0.0208. The molecule has 1 amide bonds. The van der Waals surface area contributed by atoms with Gasteiger partial charge in [-0.05, 0) is 68.4 Å². The smallest absolute Gasteiger partial charge is 0.405 e. The van der Waals surface area contributed by atoms with Crippen LogP contribution < -0.4 is 10.5 Å². The topological polar surface area (TPSA) is 61.6 Å². The number of benzene rings is 2. The van der Waals surface area contributed by atoms with Crippen LogP contribution in [0.1, 0.15) is 37.8 Å². The van der Waals surface area contributed by atoms with Gasteiger partial charge in [-0.25, -0.2) is 4.79 Å². The quantitative estimate of drug-likeness (QED) is 0.555. The lowest BCUT2D eigenvalue weighted by Crippen LogP contribution is -2.41. The molecule has 2 N–H and O–H groups in total. The minimum atomic E-state index is -0.776. The van der Waals surface area contributed by atoms with E-state index in [2.05, 4.69) is 47.1 Å². The maximum absolute atomic E-state index is 11.4. The van der Waals surface area contributed by atoms with Crippen LogP contribution in [0.15, 0.2) is 53.0 Å². The van der Waals surface area contributed by atoms with E-state index in [9.17, 15) is 4.79 Å². The minimum absolute atomic E-state index is 0.258. The first kappa shape index (κ1) is 21.3. The fourth-order valence-corrected chi connectivity index (χ4v) is 3.75. The fraction of sp³-hybridized carbons (Fsp3) is 0.409. The predicted molar refractivity (Wildman–Crippen MR) is 112 cm³/mol. The van der Waals surface area contributed by atoms with Crippen molar-refractivity contribution in [2.75, 3.05) is 6.61 Å². The number of carbonyl (C=O) groups is 1. The molecule has 2 aromatic rings. The van der Waals surface area contributed by atoms with Crippen LogP contribution in [0.5, 0.6) is 5.75 Å². The maximum Gasteiger partial charge on any atom is 0.405 e. The van der Waals surface area contributed by atoms with Crippen molar-refractivity contribution < 1.29 is 14.3 Å². The Morgan fingerprint density at radius 3 is 2.56 bits per heavy atom. The summed E-state index contributed by atoms with van der Waals surface area (Å²) in [5.41, 5.74) is 6.86. The summed E-state index contributed by atoms with van der Waals surface area (Å²) in [4.78, 5) is 11.4. The highest BCUT2D eigenvalue weighted by Crippen LogP contribution is 2.28. The molecule has 0 heterocycles. The summed E-state index contributed by atoms with van der Waals surface area (Å²) in [6.45, 7) is 6.28. The zero-order valence-corrected chi connectivity index (χ0v) is 17.8. The zero-order valence-electron chi connectivity index (χ0n) is 16.2. The molecule has 4 nitrogen and oxygen atoms in total. The van der Waals surface area contributed by atoms with E-state index in [0.29, 0.717) is 12.3 Å². The van der Waals surface area contributed by atoms with Crippen LogP contribution in [0, 0.1) is 12.8 Å². The molecule has 0 saturated carbocycles. The average Bonchev–Trinajstić information content (AvgIpc) is 2.59. The monoisotopic (exact) mass is 433 g/mol. The molecule has 0 aliphatic carbocycles. The van der Waals surface area contributed by atoms with E-state index in [1.807, 2.05) is 38.1 Å². The number of nitrogens with two attached hydrogens (primary N) is 1. The van der Waals surface area contributed by atoms with Crippen molar-refractivity contribution in [3.63, 3.8) is 0 Å². The Kier molecular flexibility index (Phi) is 7.72. The molecule has 2 atom stereocenters. The Labute approximate surface area is 170 Å². The summed E-state index contributed by atoms with van der Waals surface area (Å²) in [5.74, 6) is 1.12. The number of aryl methyl sites for hydroxylation is 2. The Morgan fingerprint density at radius 1 is 1.22 bits per heavy atom. The maximum atomic E-state index is 11.4. The van der Waals surface area contributed by atoms with Gasteiger partial charge in [-0.2, -0.15) is 0 Å². The molecule has 2 aromatic carbocycles. The van der Waals surface area contributed by atoms with Gasteiger partial charge in [-0.15, -0.1) is 0 Å². The SMILES string of the molecule is Cc1cc(Br)ccc1OCC(C)(CC(C)CCc1ccccc1)OC(N)=O. The van der Waals surface area contributed by atoms with Gasteiger partial charge in [0.1, 0.15) is 18.0 Å². The zero-order chi connectivity index (χ0) is 19.9. The Hall–Kier alpha value is -2.01. The van der Waals surface area contributed by atoms with Crippen molar-refractivity contribution in [3.05, 3.63) is 64.1 Å². The van der Waals surface area contributed by atoms with Crippen molar-refractivity contribution in [1.29, 1.82) is 0 Å². The first-order valence-electron chi connectivity index (χ1n) is 9.19. The van der Waals surface area contributed by atoms with Crippen LogP contribution in [0.2, 0.25) is 0 Å². The van der Waals surface area contributed by atoms with E-state index in [0.717, 1.165) is 28.6 Å². The normalized spacial score (nSPS) is 14.2. The standard InChI is InChI=1S/C22H28BrNO3/c1-16(9-10-18-7-5-4-6-8-18)14-22(3,27-21(24)25)15-26-20-12-11-19(23)13-17(20)2/h4-8,11-13,16H,9-10,14-15H2,1-3H3,(H2,24,25). The average molecular weight is 434 g/mol. The van der Waals surface area contributed by atoms with Crippen molar-refractivity contribution in [2.24, 2.45) is 11.7 Å². The van der Waals surface area contributed by atoms with Gasteiger partial charge in [0.15, 0.2) is 0 Å². The highest BCUT2D eigenvalue weighted by Gasteiger charge is 2.31. The van der Waals surface area contributed by atoms with Gasteiger partial charge in [-0.3, -0.25) is 0 Å². The second-order valence-corrected chi connectivity index (χ2v) is 8.32. The third-order valence-electron chi connectivity index (χ3n) is 4.57. The summed E-state index contributed by atoms with van der Waals surface area (Å²) in [5, 5.41) is 0. The molecule has 0 aliphatic rings. The molecular formula is C22H28BrNO3. The minimum Gasteiger partial charge on any atom is -0.489 e. The number of primary amides is 1. The van der Waals surface area contributed by atoms with Gasteiger partial charge >= 0.3 is 6.09 Å². The number of amides is 1. The summed E-state index contributed by atoms with van der Waals surface area (Å²) in [7, 11) is 0. The number of rotatable bonds is 9. The molecule has 5 heteroatoms. The van der Waals surface area contributed by atoms with E-state index < -0.39 is 11.7 Å². The molecule has 0 radical (unpaired) electrons. The lowest BCUT2D eigenvalue weighted by Gasteiger charge is -2.31. The summed E-state index contributed by atoms with van der Waals surface area (Å²) < 4.78 is 12.4. The summed E-state index contributed by atoms with van der Waals surface area (Å²) >= 11 is 3.45. The molecule has 0 aromatic heterocycles. The van der Waals surface area contributed by atoms with E-state index >= 15 is 0 Å². The van der Waals surface area contributed by atoms with E-state index in [1.54, 1.807) is 0 Å². The Bertz CT molecular complexity index is 750. The van der Waals surface area contributed by atoms with Crippen LogP contribution in [-0.2, 0) is 11.2 Å².